The fourth-order valence-corrected chi connectivity index (χ4v) is 17.2. The number of aliphatic hydroxyl groups excluding tert-OH is 1. The highest BCUT2D eigenvalue weighted by Gasteiger charge is 2.31. The van der Waals surface area contributed by atoms with Crippen LogP contribution in [0.4, 0.5) is 0 Å². The summed E-state index contributed by atoms with van der Waals surface area (Å²) in [6.07, 6.45) is 89.3. The van der Waals surface area contributed by atoms with Crippen molar-refractivity contribution in [2.24, 2.45) is 5.92 Å². The highest BCUT2D eigenvalue weighted by molar-refractivity contribution is 7.47. The smallest absolute Gasteiger partial charge is 0.462 e. The van der Waals surface area contributed by atoms with Crippen LogP contribution in [0.15, 0.2) is 0 Å². The Kier molecular flexibility index (Phi) is 88.8. The van der Waals surface area contributed by atoms with Gasteiger partial charge >= 0.3 is 39.5 Å². The van der Waals surface area contributed by atoms with E-state index in [4.69, 9.17) is 37.0 Å². The molecule has 0 amide bonds. The SMILES string of the molecule is CCCCCCCCCCCCCCCCCCCCCCCCC(=O)OC[C@H](COP(=O)(O)OC[C@@H](O)COP(=O)(O)OC[C@@H](COC(=O)CCCCCCCCCCCC(C)C)OC(=O)CCCCCCCCCCCCCCCCCCCCCCC)OC(=O)CCCCCCCCCCCCCCCCCCCCCCCC. The number of unbranched alkanes of at least 4 members (excludes halogenated alkanes) is 70. The fraction of sp³-hybridized carbons (Fsp3) is 0.959. The lowest BCUT2D eigenvalue weighted by Gasteiger charge is -2.21. The van der Waals surface area contributed by atoms with Crippen LogP contribution in [0.25, 0.3) is 0 Å². The number of hydrogen-bond donors (Lipinski definition) is 3. The number of carbonyl (C=O) groups is 4. The molecule has 0 fully saturated rings. The molecule has 0 aromatic rings. The summed E-state index contributed by atoms with van der Waals surface area (Å²) < 4.78 is 69.3. The third-order valence-electron chi connectivity index (χ3n) is 23.3. The number of carbonyl (C=O) groups excluding carboxylic acids is 4. The summed E-state index contributed by atoms with van der Waals surface area (Å²) in [6, 6.07) is 0. The quantitative estimate of drug-likeness (QED) is 0.0222. The van der Waals surface area contributed by atoms with Crippen molar-refractivity contribution < 1.29 is 80.2 Å². The second kappa shape index (κ2) is 90.3. The van der Waals surface area contributed by atoms with Crippen molar-refractivity contribution in [1.29, 1.82) is 0 Å². The van der Waals surface area contributed by atoms with Crippen LogP contribution in [0.2, 0.25) is 0 Å². The minimum atomic E-state index is -4.97. The van der Waals surface area contributed by atoms with Gasteiger partial charge in [0.25, 0.3) is 0 Å². The maximum atomic E-state index is 13.2. The summed E-state index contributed by atoms with van der Waals surface area (Å²) >= 11 is 0. The predicted octanol–water partition coefficient (Wildman–Crippen LogP) is 31.1. The number of aliphatic hydroxyl groups is 1. The first-order chi connectivity index (χ1) is 57.0. The molecule has 0 bridgehead atoms. The lowest BCUT2D eigenvalue weighted by Crippen LogP contribution is -2.30. The Balaban J connectivity index is 5.23. The molecule has 17 nitrogen and oxygen atoms in total. The first-order valence-electron chi connectivity index (χ1n) is 50.6. The summed E-state index contributed by atoms with van der Waals surface area (Å²) in [7, 11) is -9.94. The van der Waals surface area contributed by atoms with E-state index >= 15 is 0 Å². The second-order valence-electron chi connectivity index (χ2n) is 35.6. The lowest BCUT2D eigenvalue weighted by molar-refractivity contribution is -0.161. The third-order valence-corrected chi connectivity index (χ3v) is 25.2. The number of hydrogen-bond acceptors (Lipinski definition) is 15. The standard InChI is InChI=1S/C98H192O17P2/c1-6-9-12-15-18-21-24-27-30-33-36-39-42-44-47-50-53-56-61-66-71-76-81-95(100)108-87-93(114-97(102)83-78-74-69-63-58-55-52-49-46-43-40-37-34-31-28-25-22-19-16-13-10-7-2)89-112-116(104,105)110-85-92(99)86-111-117(106,107)113-90-94(88-109-96(101)82-77-72-67-64-59-60-65-70-75-80-91(4)5)115-98(103)84-79-73-68-62-57-54-51-48-45-41-38-35-32-29-26-23-20-17-14-11-8-3/h91-94,99H,6-90H2,1-5H3,(H,104,105)(H,106,107)/t92-,93-,94-/m1/s1. The van der Waals surface area contributed by atoms with E-state index in [9.17, 15) is 43.2 Å². The average molecular weight is 1700 g/mol. The first kappa shape index (κ1) is 115. The van der Waals surface area contributed by atoms with Gasteiger partial charge in [-0.05, 0) is 31.6 Å². The van der Waals surface area contributed by atoms with Crippen molar-refractivity contribution in [2.45, 2.75) is 560 Å². The van der Waals surface area contributed by atoms with Crippen LogP contribution < -0.4 is 0 Å². The molecule has 0 aliphatic rings. The molecular weight excluding hydrogens is 1510 g/mol. The van der Waals surface area contributed by atoms with Gasteiger partial charge in [-0.15, -0.1) is 0 Å². The molecule has 0 saturated carbocycles. The van der Waals surface area contributed by atoms with Gasteiger partial charge in [0.1, 0.15) is 19.3 Å². The molecule has 0 saturated heterocycles. The van der Waals surface area contributed by atoms with Crippen molar-refractivity contribution in [3.63, 3.8) is 0 Å². The maximum absolute atomic E-state index is 13.2. The predicted molar refractivity (Wildman–Crippen MR) is 488 cm³/mol. The normalized spacial score (nSPS) is 13.6. The Morgan fingerprint density at radius 1 is 0.231 bits per heavy atom. The van der Waals surface area contributed by atoms with Crippen LogP contribution in [-0.4, -0.2) is 96.7 Å². The fourth-order valence-electron chi connectivity index (χ4n) is 15.6. The Morgan fingerprint density at radius 2 is 0.393 bits per heavy atom. The van der Waals surface area contributed by atoms with Crippen molar-refractivity contribution in [1.82, 2.24) is 0 Å². The van der Waals surface area contributed by atoms with Crippen LogP contribution in [-0.2, 0) is 65.4 Å². The van der Waals surface area contributed by atoms with Crippen molar-refractivity contribution >= 4 is 39.5 Å². The summed E-state index contributed by atoms with van der Waals surface area (Å²) in [5.74, 6) is -1.34. The Morgan fingerprint density at radius 3 is 0.581 bits per heavy atom. The molecule has 0 radical (unpaired) electrons. The lowest BCUT2D eigenvalue weighted by atomic mass is 10.0. The molecule has 0 rings (SSSR count). The Hall–Kier alpha value is -1.94. The monoisotopic (exact) mass is 1700 g/mol. The van der Waals surface area contributed by atoms with Crippen LogP contribution in [0.5, 0.6) is 0 Å². The van der Waals surface area contributed by atoms with Gasteiger partial charge in [-0.3, -0.25) is 37.3 Å². The molecule has 2 unspecified atom stereocenters. The van der Waals surface area contributed by atoms with Gasteiger partial charge in [0, 0.05) is 25.7 Å². The van der Waals surface area contributed by atoms with Crippen molar-refractivity contribution in [2.75, 3.05) is 39.6 Å². The topological polar surface area (TPSA) is 237 Å². The highest BCUT2D eigenvalue weighted by Crippen LogP contribution is 2.45. The van der Waals surface area contributed by atoms with Gasteiger partial charge < -0.3 is 33.8 Å². The molecule has 0 aliphatic carbocycles. The minimum Gasteiger partial charge on any atom is -0.462 e. The van der Waals surface area contributed by atoms with E-state index in [1.54, 1.807) is 0 Å². The van der Waals surface area contributed by atoms with Crippen LogP contribution >= 0.6 is 15.6 Å². The van der Waals surface area contributed by atoms with E-state index in [0.717, 1.165) is 95.8 Å². The van der Waals surface area contributed by atoms with Gasteiger partial charge in [0.05, 0.1) is 26.4 Å². The summed E-state index contributed by atoms with van der Waals surface area (Å²) in [5, 5.41) is 10.7. The minimum absolute atomic E-state index is 0.109. The summed E-state index contributed by atoms with van der Waals surface area (Å²) in [6.45, 7) is 7.41. The van der Waals surface area contributed by atoms with E-state index in [-0.39, 0.29) is 25.7 Å². The molecule has 696 valence electrons. The van der Waals surface area contributed by atoms with Gasteiger partial charge in [-0.2, -0.15) is 0 Å². The van der Waals surface area contributed by atoms with E-state index in [0.29, 0.717) is 25.7 Å². The Labute approximate surface area is 721 Å². The number of ether oxygens (including phenoxy) is 4. The number of phosphoric acid groups is 2. The van der Waals surface area contributed by atoms with Crippen LogP contribution in [0.3, 0.4) is 0 Å². The molecule has 19 heteroatoms. The van der Waals surface area contributed by atoms with Gasteiger partial charge in [-0.1, -0.05) is 490 Å². The molecular formula is C98H192O17P2. The van der Waals surface area contributed by atoms with Crippen LogP contribution in [0.1, 0.15) is 542 Å². The molecule has 0 aliphatic heterocycles. The zero-order valence-corrected chi connectivity index (χ0v) is 79.2. The molecule has 0 heterocycles. The van der Waals surface area contributed by atoms with Crippen LogP contribution in [0, 0.1) is 5.92 Å². The first-order valence-corrected chi connectivity index (χ1v) is 53.6. The second-order valence-corrected chi connectivity index (χ2v) is 38.6. The van der Waals surface area contributed by atoms with Gasteiger partial charge in [0.2, 0.25) is 0 Å². The largest absolute Gasteiger partial charge is 0.472 e. The average Bonchev–Trinajstić information content (AvgIpc) is 0.898. The number of rotatable bonds is 98. The maximum Gasteiger partial charge on any atom is 0.472 e. The highest BCUT2D eigenvalue weighted by atomic mass is 31.2. The summed E-state index contributed by atoms with van der Waals surface area (Å²) in [5.41, 5.74) is 0. The molecule has 0 aromatic carbocycles. The van der Waals surface area contributed by atoms with E-state index in [1.165, 1.54) is 366 Å². The third kappa shape index (κ3) is 91.6. The number of phosphoric ester groups is 2. The molecule has 0 aromatic heterocycles. The van der Waals surface area contributed by atoms with Crippen molar-refractivity contribution in [3.05, 3.63) is 0 Å². The molecule has 3 N–H and O–H groups in total. The van der Waals surface area contributed by atoms with Crippen molar-refractivity contribution in [3.8, 4) is 0 Å². The molecule has 0 spiro atoms. The zero-order chi connectivity index (χ0) is 85.4. The zero-order valence-electron chi connectivity index (χ0n) is 77.4. The van der Waals surface area contributed by atoms with E-state index in [2.05, 4.69) is 34.6 Å². The van der Waals surface area contributed by atoms with Gasteiger partial charge in [-0.25, -0.2) is 9.13 Å². The van der Waals surface area contributed by atoms with E-state index < -0.39 is 97.5 Å². The van der Waals surface area contributed by atoms with E-state index in [1.807, 2.05) is 0 Å². The van der Waals surface area contributed by atoms with Gasteiger partial charge in [0.15, 0.2) is 12.2 Å². The number of esters is 4. The molecule has 5 atom stereocenters. The summed E-state index contributed by atoms with van der Waals surface area (Å²) in [4.78, 5) is 73.6. The Bertz CT molecular complexity index is 2210. The molecule has 117 heavy (non-hydrogen) atoms.